The molecule has 0 fully saturated rings. The molecule has 0 aliphatic heterocycles. The summed E-state index contributed by atoms with van der Waals surface area (Å²) in [6, 6.07) is 7.35. The molecule has 5 nitrogen and oxygen atoms in total. The highest BCUT2D eigenvalue weighted by Crippen LogP contribution is 2.25. The van der Waals surface area contributed by atoms with Crippen molar-refractivity contribution < 1.29 is 9.32 Å². The molecule has 0 spiro atoms. The predicted molar refractivity (Wildman–Crippen MR) is 56.0 cm³/mol. The van der Waals surface area contributed by atoms with Crippen LogP contribution in [0.5, 0.6) is 0 Å². The molecule has 1 heterocycles. The summed E-state index contributed by atoms with van der Waals surface area (Å²) in [6.07, 6.45) is 0. The molecule has 0 radical (unpaired) electrons. The first-order valence-corrected chi connectivity index (χ1v) is 4.86. The number of benzene rings is 1. The van der Waals surface area contributed by atoms with Crippen molar-refractivity contribution in [1.29, 1.82) is 0 Å². The Morgan fingerprint density at radius 1 is 1.40 bits per heavy atom. The highest BCUT2D eigenvalue weighted by Gasteiger charge is 2.14. The van der Waals surface area contributed by atoms with E-state index in [1.165, 1.54) is 0 Å². The molecule has 6 heteroatoms. The summed E-state index contributed by atoms with van der Waals surface area (Å²) in [6.45, 7) is 0. The number of carbonyl (C=O) groups is 1. The Hall–Kier alpha value is -1.69. The molecule has 0 atom stereocenters. The number of nitrogens with two attached hydrogens (primary N) is 1. The molecule has 76 valence electrons. The number of halogens is 1. The van der Waals surface area contributed by atoms with Crippen molar-refractivity contribution in [3.8, 4) is 11.4 Å². The summed E-state index contributed by atoms with van der Waals surface area (Å²) in [7, 11) is 0. The molecule has 0 saturated heterocycles. The number of aromatic nitrogens is 2. The van der Waals surface area contributed by atoms with Gasteiger partial charge in [0.2, 0.25) is 5.82 Å². The lowest BCUT2D eigenvalue weighted by atomic mass is 10.2. The molecular weight excluding hydrogens is 262 g/mol. The van der Waals surface area contributed by atoms with Gasteiger partial charge in [0.1, 0.15) is 0 Å². The van der Waals surface area contributed by atoms with Crippen LogP contribution < -0.4 is 5.73 Å². The molecule has 0 bridgehead atoms. The summed E-state index contributed by atoms with van der Waals surface area (Å²) < 4.78 is 5.50. The van der Waals surface area contributed by atoms with Gasteiger partial charge < -0.3 is 10.3 Å². The van der Waals surface area contributed by atoms with Gasteiger partial charge in [0, 0.05) is 10.0 Å². The first kappa shape index (κ1) is 9.85. The molecule has 2 N–H and O–H groups in total. The van der Waals surface area contributed by atoms with E-state index >= 15 is 0 Å². The number of hydrogen-bond acceptors (Lipinski definition) is 4. The molecule has 15 heavy (non-hydrogen) atoms. The lowest BCUT2D eigenvalue weighted by molar-refractivity contribution is 0.0958. The smallest absolute Gasteiger partial charge is 0.316 e. The van der Waals surface area contributed by atoms with Crippen LogP contribution >= 0.6 is 15.9 Å². The molecular formula is C9H6BrN3O2. The number of amides is 1. The van der Waals surface area contributed by atoms with Gasteiger partial charge in [-0.2, -0.15) is 4.98 Å². The van der Waals surface area contributed by atoms with Gasteiger partial charge in [0.25, 0.3) is 0 Å². The first-order valence-electron chi connectivity index (χ1n) is 4.07. The van der Waals surface area contributed by atoms with Crippen molar-refractivity contribution in [1.82, 2.24) is 10.1 Å². The monoisotopic (exact) mass is 267 g/mol. The third-order valence-corrected chi connectivity index (χ3v) is 2.44. The Kier molecular flexibility index (Phi) is 2.51. The molecule has 0 aliphatic carbocycles. The van der Waals surface area contributed by atoms with Crippen LogP contribution in [0, 0.1) is 0 Å². The van der Waals surface area contributed by atoms with Gasteiger partial charge in [0.05, 0.1) is 0 Å². The lowest BCUT2D eigenvalue weighted by Gasteiger charge is -1.95. The van der Waals surface area contributed by atoms with Crippen LogP contribution in [-0.2, 0) is 0 Å². The van der Waals surface area contributed by atoms with E-state index in [1.807, 2.05) is 18.2 Å². The van der Waals surface area contributed by atoms with Crippen LogP contribution in [0.3, 0.4) is 0 Å². The van der Waals surface area contributed by atoms with Gasteiger partial charge in [-0.05, 0) is 12.1 Å². The largest absolute Gasteiger partial charge is 0.361 e. The van der Waals surface area contributed by atoms with Crippen LogP contribution in [0.15, 0.2) is 33.3 Å². The van der Waals surface area contributed by atoms with E-state index in [0.717, 1.165) is 10.0 Å². The number of rotatable bonds is 2. The molecule has 0 unspecified atom stereocenters. The summed E-state index contributed by atoms with van der Waals surface area (Å²) in [5.74, 6) is -0.599. The average Bonchev–Trinajstić information content (AvgIpc) is 2.67. The Balaban J connectivity index is 2.46. The Labute approximate surface area is 93.4 Å². The molecule has 1 aromatic carbocycles. The van der Waals surface area contributed by atoms with Crippen LogP contribution in [0.25, 0.3) is 11.4 Å². The minimum Gasteiger partial charge on any atom is -0.361 e. The maximum Gasteiger partial charge on any atom is 0.316 e. The maximum atomic E-state index is 10.7. The fourth-order valence-electron chi connectivity index (χ4n) is 1.08. The third-order valence-electron chi connectivity index (χ3n) is 1.75. The van der Waals surface area contributed by atoms with E-state index < -0.39 is 5.91 Å². The zero-order valence-electron chi connectivity index (χ0n) is 7.48. The van der Waals surface area contributed by atoms with Crippen molar-refractivity contribution in [3.63, 3.8) is 0 Å². The van der Waals surface area contributed by atoms with Crippen molar-refractivity contribution in [2.75, 3.05) is 0 Å². The maximum absolute atomic E-state index is 10.7. The number of primary amides is 1. The normalized spacial score (nSPS) is 10.2. The molecule has 2 rings (SSSR count). The fraction of sp³-hybridized carbons (Fsp3) is 0. The van der Waals surface area contributed by atoms with E-state index in [0.29, 0.717) is 5.82 Å². The Morgan fingerprint density at radius 2 is 2.13 bits per heavy atom. The van der Waals surface area contributed by atoms with Gasteiger partial charge in [-0.1, -0.05) is 33.2 Å². The number of carbonyl (C=O) groups excluding carboxylic acids is 1. The fourth-order valence-corrected chi connectivity index (χ4v) is 1.54. The predicted octanol–water partition coefficient (Wildman–Crippen LogP) is 1.60. The third kappa shape index (κ3) is 1.89. The zero-order valence-corrected chi connectivity index (χ0v) is 9.06. The number of hydrogen-bond donors (Lipinski definition) is 1. The first-order chi connectivity index (χ1) is 7.18. The van der Waals surface area contributed by atoms with Crippen molar-refractivity contribution in [3.05, 3.63) is 34.6 Å². The molecule has 1 aromatic heterocycles. The van der Waals surface area contributed by atoms with Crippen molar-refractivity contribution in [2.45, 2.75) is 0 Å². The highest BCUT2D eigenvalue weighted by atomic mass is 79.9. The van der Waals surface area contributed by atoms with E-state index in [2.05, 4.69) is 30.6 Å². The quantitative estimate of drug-likeness (QED) is 0.896. The molecule has 0 aliphatic rings. The van der Waals surface area contributed by atoms with E-state index in [1.54, 1.807) is 6.07 Å². The van der Waals surface area contributed by atoms with Crippen molar-refractivity contribution in [2.24, 2.45) is 5.73 Å². The second-order valence-electron chi connectivity index (χ2n) is 2.77. The Morgan fingerprint density at radius 3 is 2.73 bits per heavy atom. The van der Waals surface area contributed by atoms with Crippen LogP contribution in [0.1, 0.15) is 10.7 Å². The summed E-state index contributed by atoms with van der Waals surface area (Å²) >= 11 is 3.34. The average molecular weight is 268 g/mol. The van der Waals surface area contributed by atoms with E-state index in [-0.39, 0.29) is 5.89 Å². The Bertz CT molecular complexity index is 510. The second kappa shape index (κ2) is 3.82. The van der Waals surface area contributed by atoms with E-state index in [4.69, 9.17) is 5.73 Å². The standard InChI is InChI=1S/C9H6BrN3O2/c10-6-4-2-1-3-5(6)8-12-9(7(11)14)15-13-8/h1-4H,(H2,11,14). The minimum atomic E-state index is -0.735. The van der Waals surface area contributed by atoms with Gasteiger partial charge in [0.15, 0.2) is 0 Å². The minimum absolute atomic E-state index is 0.194. The summed E-state index contributed by atoms with van der Waals surface area (Å²) in [5.41, 5.74) is 5.74. The summed E-state index contributed by atoms with van der Waals surface area (Å²) in [4.78, 5) is 14.6. The number of nitrogens with zero attached hydrogens (tertiary/aromatic N) is 2. The van der Waals surface area contributed by atoms with E-state index in [9.17, 15) is 4.79 Å². The molecule has 0 saturated carbocycles. The second-order valence-corrected chi connectivity index (χ2v) is 3.62. The van der Waals surface area contributed by atoms with Crippen molar-refractivity contribution >= 4 is 21.8 Å². The lowest BCUT2D eigenvalue weighted by Crippen LogP contribution is -2.10. The highest BCUT2D eigenvalue weighted by molar-refractivity contribution is 9.10. The zero-order chi connectivity index (χ0) is 10.8. The summed E-state index contributed by atoms with van der Waals surface area (Å²) in [5, 5.41) is 3.65. The van der Waals surface area contributed by atoms with Gasteiger partial charge >= 0.3 is 11.8 Å². The van der Waals surface area contributed by atoms with Crippen LogP contribution in [-0.4, -0.2) is 16.0 Å². The van der Waals surface area contributed by atoms with Gasteiger partial charge in [-0.25, -0.2) is 0 Å². The van der Waals surface area contributed by atoms with Crippen LogP contribution in [0.2, 0.25) is 0 Å². The SMILES string of the molecule is NC(=O)c1nc(-c2ccccc2Br)no1. The topological polar surface area (TPSA) is 82.0 Å². The van der Waals surface area contributed by atoms with Gasteiger partial charge in [-0.3, -0.25) is 4.79 Å². The van der Waals surface area contributed by atoms with Gasteiger partial charge in [-0.15, -0.1) is 0 Å². The molecule has 2 aromatic rings. The van der Waals surface area contributed by atoms with Crippen LogP contribution in [0.4, 0.5) is 0 Å². The molecule has 1 amide bonds.